The number of imidazole rings is 1. The molecule has 4 heteroatoms. The Morgan fingerprint density at radius 3 is 2.92 bits per heavy atom. The molecule has 4 nitrogen and oxygen atoms in total. The average Bonchev–Trinajstić information content (AvgIpc) is 3.25. The molecule has 3 aromatic heterocycles. The summed E-state index contributed by atoms with van der Waals surface area (Å²) in [5.41, 5.74) is 5.40. The van der Waals surface area contributed by atoms with E-state index in [4.69, 9.17) is 4.98 Å². The second-order valence-electron chi connectivity index (χ2n) is 6.17. The van der Waals surface area contributed by atoms with E-state index in [2.05, 4.69) is 50.9 Å². The third-order valence-electron chi connectivity index (χ3n) is 4.64. The largest absolute Gasteiger partial charge is 0.303 e. The number of hydrogen-bond acceptors (Lipinski definition) is 3. The number of aliphatic imine (C=N–C) groups is 1. The van der Waals surface area contributed by atoms with Crippen molar-refractivity contribution >= 4 is 11.7 Å². The fourth-order valence-corrected chi connectivity index (χ4v) is 3.44. The first-order valence-corrected chi connectivity index (χ1v) is 8.38. The molecular weight excluding hydrogens is 308 g/mol. The van der Waals surface area contributed by atoms with Gasteiger partial charge in [-0.05, 0) is 35.4 Å². The highest BCUT2D eigenvalue weighted by atomic mass is 15.0. The molecule has 0 saturated heterocycles. The Balaban J connectivity index is 1.62. The van der Waals surface area contributed by atoms with Gasteiger partial charge in [-0.15, -0.1) is 0 Å². The molecule has 25 heavy (non-hydrogen) atoms. The minimum absolute atomic E-state index is 0.168. The molecule has 3 aromatic rings. The average molecular weight is 324 g/mol. The van der Waals surface area contributed by atoms with Gasteiger partial charge in [0, 0.05) is 25.0 Å². The molecule has 0 amide bonds. The topological polar surface area (TPSA) is 42.5 Å². The molecule has 4 heterocycles. The van der Waals surface area contributed by atoms with E-state index in [0.717, 1.165) is 29.1 Å². The van der Waals surface area contributed by atoms with Gasteiger partial charge in [0.25, 0.3) is 0 Å². The van der Waals surface area contributed by atoms with Crippen LogP contribution in [0.4, 0.5) is 0 Å². The van der Waals surface area contributed by atoms with Gasteiger partial charge in [0.1, 0.15) is 11.5 Å². The van der Waals surface area contributed by atoms with Crippen LogP contribution in [-0.4, -0.2) is 26.6 Å². The summed E-state index contributed by atoms with van der Waals surface area (Å²) >= 11 is 0. The van der Waals surface area contributed by atoms with Gasteiger partial charge in [-0.1, -0.05) is 36.4 Å². The van der Waals surface area contributed by atoms with Crippen LogP contribution in [0.15, 0.2) is 89.2 Å². The molecule has 0 aromatic carbocycles. The van der Waals surface area contributed by atoms with Gasteiger partial charge in [-0.3, -0.25) is 9.98 Å². The predicted molar refractivity (Wildman–Crippen MR) is 99.7 cm³/mol. The number of aromatic nitrogens is 3. The lowest BCUT2D eigenvalue weighted by molar-refractivity contribution is 0.950. The van der Waals surface area contributed by atoms with Gasteiger partial charge in [-0.25, -0.2) is 4.98 Å². The normalized spacial score (nSPS) is 18.3. The summed E-state index contributed by atoms with van der Waals surface area (Å²) in [6.07, 6.45) is 15.0. The van der Waals surface area contributed by atoms with E-state index >= 15 is 0 Å². The van der Waals surface area contributed by atoms with Crippen molar-refractivity contribution in [3.63, 3.8) is 0 Å². The highest BCUT2D eigenvalue weighted by Crippen LogP contribution is 2.28. The predicted octanol–water partition coefficient (Wildman–Crippen LogP) is 3.81. The molecule has 120 valence electrons. The lowest BCUT2D eigenvalue weighted by Gasteiger charge is -2.09. The van der Waals surface area contributed by atoms with Crippen LogP contribution in [0.3, 0.4) is 0 Å². The summed E-state index contributed by atoms with van der Waals surface area (Å²) in [4.78, 5) is 14.0. The first-order chi connectivity index (χ1) is 12.4. The van der Waals surface area contributed by atoms with E-state index in [-0.39, 0.29) is 6.04 Å². The van der Waals surface area contributed by atoms with E-state index < -0.39 is 0 Å². The lowest BCUT2D eigenvalue weighted by Crippen LogP contribution is -2.04. The van der Waals surface area contributed by atoms with Crippen LogP contribution in [0.5, 0.6) is 0 Å². The Morgan fingerprint density at radius 1 is 1.04 bits per heavy atom. The monoisotopic (exact) mass is 324 g/mol. The second-order valence-corrected chi connectivity index (χ2v) is 6.17. The van der Waals surface area contributed by atoms with Crippen LogP contribution in [-0.2, 0) is 6.42 Å². The Kier molecular flexibility index (Phi) is 3.20. The van der Waals surface area contributed by atoms with Crippen LogP contribution in [0.1, 0.15) is 5.82 Å². The van der Waals surface area contributed by atoms with Gasteiger partial charge in [0.05, 0.1) is 17.3 Å². The highest BCUT2D eigenvalue weighted by molar-refractivity contribution is 5.86. The van der Waals surface area contributed by atoms with Crippen LogP contribution < -0.4 is 0 Å². The summed E-state index contributed by atoms with van der Waals surface area (Å²) < 4.78 is 2.15. The third-order valence-corrected chi connectivity index (χ3v) is 4.64. The number of hydrogen-bond donors (Lipinski definition) is 0. The second kappa shape index (κ2) is 5.67. The standard InChI is InChI=1S/C21H16N4/c1-2-8-17-16(7-1)15(14-23-17)13-20-24-21(18-9-3-5-11-22-18)19-10-4-6-12-25(19)20/h1-12,14,17H,13H2. The smallest absolute Gasteiger partial charge is 0.118 e. The Bertz CT molecular complexity index is 1070. The summed E-state index contributed by atoms with van der Waals surface area (Å²) in [6.45, 7) is 0. The molecule has 1 aliphatic heterocycles. The van der Waals surface area contributed by atoms with Crippen LogP contribution in [0.2, 0.25) is 0 Å². The van der Waals surface area contributed by atoms with Crippen LogP contribution in [0, 0.1) is 0 Å². The van der Waals surface area contributed by atoms with Gasteiger partial charge in [0.2, 0.25) is 0 Å². The number of pyridine rings is 2. The van der Waals surface area contributed by atoms with E-state index in [1.807, 2.05) is 36.5 Å². The van der Waals surface area contributed by atoms with Crippen LogP contribution in [0.25, 0.3) is 16.9 Å². The first kappa shape index (κ1) is 14.1. The molecule has 0 N–H and O–H groups in total. The first-order valence-electron chi connectivity index (χ1n) is 8.38. The molecule has 1 atom stereocenters. The van der Waals surface area contributed by atoms with Crippen molar-refractivity contribution in [1.29, 1.82) is 0 Å². The zero-order valence-corrected chi connectivity index (χ0v) is 13.6. The Labute approximate surface area is 145 Å². The number of fused-ring (bicyclic) bond motifs is 2. The minimum atomic E-state index is 0.168. The minimum Gasteiger partial charge on any atom is -0.303 e. The fraction of sp³-hybridized carbons (Fsp3) is 0.0952. The van der Waals surface area contributed by atoms with Crippen molar-refractivity contribution in [2.75, 3.05) is 0 Å². The van der Waals surface area contributed by atoms with Crippen molar-refractivity contribution in [1.82, 2.24) is 14.4 Å². The maximum Gasteiger partial charge on any atom is 0.118 e. The fourth-order valence-electron chi connectivity index (χ4n) is 3.44. The van der Waals surface area contributed by atoms with Crippen molar-refractivity contribution < 1.29 is 0 Å². The van der Waals surface area contributed by atoms with Crippen molar-refractivity contribution in [2.45, 2.75) is 12.5 Å². The van der Waals surface area contributed by atoms with E-state index in [9.17, 15) is 0 Å². The molecule has 5 rings (SSSR count). The van der Waals surface area contributed by atoms with Crippen molar-refractivity contribution in [3.8, 4) is 11.4 Å². The van der Waals surface area contributed by atoms with Gasteiger partial charge in [0.15, 0.2) is 0 Å². The van der Waals surface area contributed by atoms with Crippen LogP contribution >= 0.6 is 0 Å². The zero-order chi connectivity index (χ0) is 16.6. The van der Waals surface area contributed by atoms with E-state index in [0.29, 0.717) is 0 Å². The maximum absolute atomic E-state index is 4.92. The SMILES string of the molecule is C1=CC2=C(Cc3nc(-c4ccccn4)c4ccccn34)C=NC2C=C1. The molecule has 0 spiro atoms. The summed E-state index contributed by atoms with van der Waals surface area (Å²) in [6, 6.07) is 12.3. The number of nitrogens with zero attached hydrogens (tertiary/aromatic N) is 4. The summed E-state index contributed by atoms with van der Waals surface area (Å²) in [5.74, 6) is 1.01. The Hall–Kier alpha value is -3.27. The maximum atomic E-state index is 4.92. The molecule has 1 aliphatic carbocycles. The highest BCUT2D eigenvalue weighted by Gasteiger charge is 2.21. The molecule has 1 unspecified atom stereocenters. The summed E-state index contributed by atoms with van der Waals surface area (Å²) in [5, 5.41) is 0. The summed E-state index contributed by atoms with van der Waals surface area (Å²) in [7, 11) is 0. The van der Waals surface area contributed by atoms with Gasteiger partial charge >= 0.3 is 0 Å². The van der Waals surface area contributed by atoms with Crippen molar-refractivity contribution in [2.24, 2.45) is 4.99 Å². The zero-order valence-electron chi connectivity index (χ0n) is 13.6. The molecule has 0 bridgehead atoms. The van der Waals surface area contributed by atoms with Gasteiger partial charge < -0.3 is 4.40 Å². The quantitative estimate of drug-likeness (QED) is 0.735. The molecule has 2 aliphatic rings. The number of allylic oxidation sites excluding steroid dienone is 3. The van der Waals surface area contributed by atoms with E-state index in [1.54, 1.807) is 6.20 Å². The molecule has 0 radical (unpaired) electrons. The molecular formula is C21H16N4. The molecule has 0 fully saturated rings. The van der Waals surface area contributed by atoms with E-state index in [1.165, 1.54) is 11.1 Å². The van der Waals surface area contributed by atoms with Gasteiger partial charge in [-0.2, -0.15) is 0 Å². The lowest BCUT2D eigenvalue weighted by atomic mass is 9.98. The van der Waals surface area contributed by atoms with Crippen molar-refractivity contribution in [3.05, 3.63) is 90.1 Å². The molecule has 0 saturated carbocycles. The third kappa shape index (κ3) is 2.34. The number of rotatable bonds is 3. The Morgan fingerprint density at radius 2 is 2.00 bits per heavy atom.